The Bertz CT molecular complexity index is 817. The number of carbonyl (C=O) groups excluding carboxylic acids is 1. The Morgan fingerprint density at radius 1 is 1.31 bits per heavy atom. The normalized spacial score (nSPS) is 10.6. The molecule has 2 rings (SSSR count). The maximum absolute atomic E-state index is 13.7. The molecule has 2 aromatic rings. The number of esters is 1. The van der Waals surface area contributed by atoms with Gasteiger partial charge in [-0.25, -0.2) is 9.18 Å². The first-order valence-electron chi connectivity index (χ1n) is 7.74. The summed E-state index contributed by atoms with van der Waals surface area (Å²) >= 11 is 2.10. The number of halogens is 2. The zero-order chi connectivity index (χ0) is 18.9. The molecule has 6 heteroatoms. The maximum Gasteiger partial charge on any atom is 0.331 e. The summed E-state index contributed by atoms with van der Waals surface area (Å²) in [6.45, 7) is 3.73. The molecule has 0 spiro atoms. The summed E-state index contributed by atoms with van der Waals surface area (Å²) in [5.41, 5.74) is 1.21. The predicted molar refractivity (Wildman–Crippen MR) is 107 cm³/mol. The van der Waals surface area contributed by atoms with Crippen LogP contribution in [0, 0.1) is 9.39 Å². The fraction of sp³-hybridized carbons (Fsp3) is 0.150. The average Bonchev–Trinajstić information content (AvgIpc) is 2.64. The van der Waals surface area contributed by atoms with Gasteiger partial charge >= 0.3 is 5.97 Å². The lowest BCUT2D eigenvalue weighted by Gasteiger charge is -2.14. The summed E-state index contributed by atoms with van der Waals surface area (Å²) in [7, 11) is 1.52. The number of rotatable bonds is 8. The largest absolute Gasteiger partial charge is 0.493 e. The Hall–Kier alpha value is -2.35. The van der Waals surface area contributed by atoms with Crippen LogP contribution in [-0.4, -0.2) is 19.7 Å². The quantitative estimate of drug-likeness (QED) is 0.243. The number of benzene rings is 2. The van der Waals surface area contributed by atoms with Gasteiger partial charge in [0, 0.05) is 11.6 Å². The average molecular weight is 468 g/mol. The molecule has 0 aliphatic heterocycles. The summed E-state index contributed by atoms with van der Waals surface area (Å²) in [6.07, 6.45) is 4.45. The third-order valence-electron chi connectivity index (χ3n) is 3.34. The van der Waals surface area contributed by atoms with Crippen LogP contribution >= 0.6 is 22.6 Å². The third kappa shape index (κ3) is 5.59. The van der Waals surface area contributed by atoms with E-state index in [9.17, 15) is 9.18 Å². The van der Waals surface area contributed by atoms with Crippen LogP contribution < -0.4 is 9.47 Å². The first-order chi connectivity index (χ1) is 12.5. The molecule has 0 fully saturated rings. The fourth-order valence-corrected chi connectivity index (χ4v) is 2.88. The molecule has 0 heterocycles. The summed E-state index contributed by atoms with van der Waals surface area (Å²) in [5, 5.41) is 0. The van der Waals surface area contributed by atoms with Crippen molar-refractivity contribution in [2.24, 2.45) is 0 Å². The molecule has 0 aliphatic rings. The van der Waals surface area contributed by atoms with Crippen molar-refractivity contribution in [1.82, 2.24) is 0 Å². The Balaban J connectivity index is 2.16. The molecule has 4 nitrogen and oxygen atoms in total. The second-order valence-corrected chi connectivity index (χ2v) is 6.33. The Labute approximate surface area is 165 Å². The van der Waals surface area contributed by atoms with E-state index in [4.69, 9.17) is 14.2 Å². The van der Waals surface area contributed by atoms with Crippen molar-refractivity contribution in [2.75, 3.05) is 13.7 Å². The lowest BCUT2D eigenvalue weighted by atomic mass is 10.2. The molecular weight excluding hydrogens is 450 g/mol. The minimum absolute atomic E-state index is 0.0854. The number of methoxy groups -OCH3 is 1. The van der Waals surface area contributed by atoms with Crippen molar-refractivity contribution in [3.63, 3.8) is 0 Å². The van der Waals surface area contributed by atoms with Gasteiger partial charge in [0.05, 0.1) is 10.7 Å². The van der Waals surface area contributed by atoms with Crippen LogP contribution in [0.4, 0.5) is 4.39 Å². The highest BCUT2D eigenvalue weighted by atomic mass is 127. The predicted octanol–water partition coefficient (Wildman–Crippen LogP) is 4.76. The van der Waals surface area contributed by atoms with Gasteiger partial charge in [0.25, 0.3) is 0 Å². The Morgan fingerprint density at radius 3 is 2.77 bits per heavy atom. The van der Waals surface area contributed by atoms with Crippen LogP contribution in [-0.2, 0) is 16.1 Å². The molecule has 0 atom stereocenters. The molecule has 0 unspecified atom stereocenters. The molecule has 136 valence electrons. The van der Waals surface area contributed by atoms with E-state index in [0.717, 1.165) is 9.13 Å². The number of ether oxygens (including phenoxy) is 3. The molecule has 0 radical (unpaired) electrons. The van der Waals surface area contributed by atoms with Gasteiger partial charge in [0.1, 0.15) is 19.0 Å². The highest BCUT2D eigenvalue weighted by Gasteiger charge is 2.12. The minimum atomic E-state index is -0.459. The van der Waals surface area contributed by atoms with Crippen LogP contribution in [0.15, 0.2) is 55.1 Å². The number of hydrogen-bond acceptors (Lipinski definition) is 4. The standard InChI is InChI=1S/C20H18FIO4/c1-3-10-25-19(23)9-8-14-11-17(22)20(18(12-14)24-2)26-13-15-6-4-5-7-16(15)21/h3-9,11-12H,1,10,13H2,2H3/b9-8+. The fourth-order valence-electron chi connectivity index (χ4n) is 2.09. The Morgan fingerprint density at radius 2 is 2.08 bits per heavy atom. The molecule has 0 aromatic heterocycles. The SMILES string of the molecule is C=CCOC(=O)/C=C/c1cc(I)c(OCc2ccccc2F)c(OC)c1. The van der Waals surface area contributed by atoms with Crippen molar-refractivity contribution in [2.45, 2.75) is 6.61 Å². The molecule has 26 heavy (non-hydrogen) atoms. The van der Waals surface area contributed by atoms with Gasteiger partial charge in [-0.3, -0.25) is 0 Å². The first-order valence-corrected chi connectivity index (χ1v) is 8.82. The van der Waals surface area contributed by atoms with E-state index < -0.39 is 5.97 Å². The number of hydrogen-bond donors (Lipinski definition) is 0. The highest BCUT2D eigenvalue weighted by Crippen LogP contribution is 2.35. The van der Waals surface area contributed by atoms with Gasteiger partial charge in [0.15, 0.2) is 11.5 Å². The van der Waals surface area contributed by atoms with E-state index in [1.54, 1.807) is 30.3 Å². The molecule has 0 N–H and O–H groups in total. The smallest absolute Gasteiger partial charge is 0.331 e. The van der Waals surface area contributed by atoms with E-state index in [1.165, 1.54) is 25.3 Å². The highest BCUT2D eigenvalue weighted by molar-refractivity contribution is 14.1. The van der Waals surface area contributed by atoms with Gasteiger partial charge < -0.3 is 14.2 Å². The van der Waals surface area contributed by atoms with Gasteiger partial charge in [-0.1, -0.05) is 30.9 Å². The van der Waals surface area contributed by atoms with E-state index in [0.29, 0.717) is 17.1 Å². The van der Waals surface area contributed by atoms with E-state index in [-0.39, 0.29) is 19.0 Å². The van der Waals surface area contributed by atoms with Gasteiger partial charge in [-0.05, 0) is 52.4 Å². The van der Waals surface area contributed by atoms with Crippen LogP contribution in [0.2, 0.25) is 0 Å². The van der Waals surface area contributed by atoms with Crippen molar-refractivity contribution in [3.05, 3.63) is 75.6 Å². The van der Waals surface area contributed by atoms with Crippen LogP contribution in [0.25, 0.3) is 6.08 Å². The Kier molecular flexibility index (Phi) is 7.65. The van der Waals surface area contributed by atoms with Crippen LogP contribution in [0.5, 0.6) is 11.5 Å². The van der Waals surface area contributed by atoms with E-state index in [2.05, 4.69) is 29.2 Å². The van der Waals surface area contributed by atoms with E-state index in [1.807, 2.05) is 6.07 Å². The van der Waals surface area contributed by atoms with Crippen LogP contribution in [0.1, 0.15) is 11.1 Å². The van der Waals surface area contributed by atoms with Crippen molar-refractivity contribution < 1.29 is 23.4 Å². The maximum atomic E-state index is 13.7. The van der Waals surface area contributed by atoms with Gasteiger partial charge in [-0.15, -0.1) is 0 Å². The van der Waals surface area contributed by atoms with Crippen molar-refractivity contribution >= 4 is 34.6 Å². The van der Waals surface area contributed by atoms with E-state index >= 15 is 0 Å². The molecule has 0 saturated heterocycles. The second-order valence-electron chi connectivity index (χ2n) is 5.17. The monoisotopic (exact) mass is 468 g/mol. The zero-order valence-corrected chi connectivity index (χ0v) is 16.4. The summed E-state index contributed by atoms with van der Waals surface area (Å²) in [6, 6.07) is 10.0. The molecule has 0 aliphatic carbocycles. The lowest BCUT2D eigenvalue weighted by Crippen LogP contribution is -2.02. The zero-order valence-electron chi connectivity index (χ0n) is 14.2. The van der Waals surface area contributed by atoms with Gasteiger partial charge in [0.2, 0.25) is 0 Å². The topological polar surface area (TPSA) is 44.8 Å². The summed E-state index contributed by atoms with van der Waals surface area (Å²) in [4.78, 5) is 11.5. The molecular formula is C20H18FIO4. The lowest BCUT2D eigenvalue weighted by molar-refractivity contribution is -0.136. The molecule has 0 saturated carbocycles. The number of carbonyl (C=O) groups is 1. The first kappa shape index (κ1) is 20.0. The summed E-state index contributed by atoms with van der Waals surface area (Å²) < 4.78 is 30.5. The minimum Gasteiger partial charge on any atom is -0.493 e. The second kappa shape index (κ2) is 9.96. The summed E-state index contributed by atoms with van der Waals surface area (Å²) in [5.74, 6) is 0.230. The van der Waals surface area contributed by atoms with Gasteiger partial charge in [-0.2, -0.15) is 0 Å². The van der Waals surface area contributed by atoms with Crippen molar-refractivity contribution in [1.29, 1.82) is 0 Å². The molecule has 0 amide bonds. The third-order valence-corrected chi connectivity index (χ3v) is 4.14. The molecule has 0 bridgehead atoms. The van der Waals surface area contributed by atoms with Crippen molar-refractivity contribution in [3.8, 4) is 11.5 Å². The van der Waals surface area contributed by atoms with Crippen LogP contribution in [0.3, 0.4) is 0 Å². The molecule has 2 aromatic carbocycles.